The summed E-state index contributed by atoms with van der Waals surface area (Å²) in [4.78, 5) is 0. The van der Waals surface area contributed by atoms with Crippen molar-refractivity contribution in [1.82, 2.24) is 0 Å². The van der Waals surface area contributed by atoms with E-state index < -0.39 is 0 Å². The molecule has 0 aliphatic heterocycles. The molecule has 1 unspecified atom stereocenters. The molecule has 0 aliphatic carbocycles. The van der Waals surface area contributed by atoms with E-state index in [1.54, 1.807) is 7.11 Å². The van der Waals surface area contributed by atoms with E-state index in [2.05, 4.69) is 0 Å². The zero-order valence-corrected chi connectivity index (χ0v) is 13.4. The van der Waals surface area contributed by atoms with Gasteiger partial charge in [0.2, 0.25) is 0 Å². The molecule has 21 heavy (non-hydrogen) atoms. The SMILES string of the molecule is COc1ccccc1CC(Cl)c1ccc(OC(C)C)cc1. The summed E-state index contributed by atoms with van der Waals surface area (Å²) in [7, 11) is 1.68. The first-order valence-electron chi connectivity index (χ1n) is 7.12. The second-order valence-corrected chi connectivity index (χ2v) is 5.75. The molecule has 2 nitrogen and oxygen atoms in total. The number of halogens is 1. The number of benzene rings is 2. The van der Waals surface area contributed by atoms with Crippen LogP contribution in [0.15, 0.2) is 48.5 Å². The molecule has 0 N–H and O–H groups in total. The highest BCUT2D eigenvalue weighted by Crippen LogP contribution is 2.30. The molecule has 2 rings (SSSR count). The van der Waals surface area contributed by atoms with Crippen molar-refractivity contribution >= 4 is 11.6 Å². The summed E-state index contributed by atoms with van der Waals surface area (Å²) in [5, 5.41) is -0.0885. The molecule has 1 atom stereocenters. The van der Waals surface area contributed by atoms with E-state index in [-0.39, 0.29) is 11.5 Å². The molecule has 0 bridgehead atoms. The molecule has 0 heterocycles. The molecule has 3 heteroatoms. The highest BCUT2D eigenvalue weighted by Gasteiger charge is 2.12. The second kappa shape index (κ2) is 7.37. The van der Waals surface area contributed by atoms with Crippen LogP contribution in [0.5, 0.6) is 11.5 Å². The molecular weight excluding hydrogens is 284 g/mol. The summed E-state index contributed by atoms with van der Waals surface area (Å²) in [6.07, 6.45) is 0.909. The Morgan fingerprint density at radius 2 is 1.67 bits per heavy atom. The average molecular weight is 305 g/mol. The van der Waals surface area contributed by atoms with Crippen LogP contribution in [0, 0.1) is 0 Å². The van der Waals surface area contributed by atoms with E-state index >= 15 is 0 Å². The van der Waals surface area contributed by atoms with Gasteiger partial charge in [-0.05, 0) is 49.6 Å². The van der Waals surface area contributed by atoms with Crippen molar-refractivity contribution in [3.05, 3.63) is 59.7 Å². The summed E-state index contributed by atoms with van der Waals surface area (Å²) >= 11 is 6.53. The Balaban J connectivity index is 2.07. The first-order valence-corrected chi connectivity index (χ1v) is 7.56. The Labute approximate surface area is 131 Å². The molecule has 0 fully saturated rings. The minimum atomic E-state index is -0.0885. The predicted octanol–water partition coefficient (Wildman–Crippen LogP) is 5.01. The van der Waals surface area contributed by atoms with Gasteiger partial charge in [0.15, 0.2) is 0 Å². The second-order valence-electron chi connectivity index (χ2n) is 5.22. The van der Waals surface area contributed by atoms with E-state index in [1.165, 1.54) is 0 Å². The zero-order chi connectivity index (χ0) is 15.2. The van der Waals surface area contributed by atoms with Crippen LogP contribution in [-0.4, -0.2) is 13.2 Å². The molecule has 0 aromatic heterocycles. The van der Waals surface area contributed by atoms with Gasteiger partial charge >= 0.3 is 0 Å². The molecule has 2 aromatic rings. The molecule has 0 saturated heterocycles. The Morgan fingerprint density at radius 3 is 2.29 bits per heavy atom. The standard InChI is InChI=1S/C18H21ClO2/c1-13(2)21-16-10-8-14(9-11-16)17(19)12-15-6-4-5-7-18(15)20-3/h4-11,13,17H,12H2,1-3H3. The van der Waals surface area contributed by atoms with Gasteiger partial charge in [0.25, 0.3) is 0 Å². The van der Waals surface area contributed by atoms with Crippen molar-refractivity contribution in [3.63, 3.8) is 0 Å². The number of hydrogen-bond acceptors (Lipinski definition) is 2. The molecule has 0 amide bonds. The van der Waals surface area contributed by atoms with Gasteiger partial charge in [0.05, 0.1) is 18.6 Å². The molecule has 2 aromatic carbocycles. The fourth-order valence-corrected chi connectivity index (χ4v) is 2.52. The maximum atomic E-state index is 6.53. The van der Waals surface area contributed by atoms with Crippen molar-refractivity contribution in [2.45, 2.75) is 31.7 Å². The van der Waals surface area contributed by atoms with Crippen LogP contribution in [0.1, 0.15) is 30.4 Å². The van der Waals surface area contributed by atoms with Gasteiger partial charge in [-0.2, -0.15) is 0 Å². The maximum absolute atomic E-state index is 6.53. The smallest absolute Gasteiger partial charge is 0.122 e. The van der Waals surface area contributed by atoms with Crippen LogP contribution in [0.4, 0.5) is 0 Å². The van der Waals surface area contributed by atoms with Crippen molar-refractivity contribution in [2.75, 3.05) is 7.11 Å². The van der Waals surface area contributed by atoms with Gasteiger partial charge in [-0.3, -0.25) is 0 Å². The number of para-hydroxylation sites is 1. The van der Waals surface area contributed by atoms with Gasteiger partial charge in [-0.25, -0.2) is 0 Å². The van der Waals surface area contributed by atoms with Crippen molar-refractivity contribution in [3.8, 4) is 11.5 Å². The minimum Gasteiger partial charge on any atom is -0.496 e. The van der Waals surface area contributed by atoms with E-state index in [0.29, 0.717) is 0 Å². The van der Waals surface area contributed by atoms with Gasteiger partial charge in [0, 0.05) is 0 Å². The van der Waals surface area contributed by atoms with Gasteiger partial charge in [-0.1, -0.05) is 30.3 Å². The largest absolute Gasteiger partial charge is 0.496 e. The molecule has 0 saturated carbocycles. The Kier molecular flexibility index (Phi) is 5.51. The maximum Gasteiger partial charge on any atom is 0.122 e. The third kappa shape index (κ3) is 4.40. The first-order chi connectivity index (χ1) is 10.1. The van der Waals surface area contributed by atoms with Gasteiger partial charge in [-0.15, -0.1) is 11.6 Å². The lowest BCUT2D eigenvalue weighted by atomic mass is 10.0. The molecule has 0 aliphatic rings. The summed E-state index contributed by atoms with van der Waals surface area (Å²) in [5.74, 6) is 1.75. The Hall–Kier alpha value is -1.67. The number of rotatable bonds is 6. The van der Waals surface area contributed by atoms with E-state index in [4.69, 9.17) is 21.1 Å². The summed E-state index contributed by atoms with van der Waals surface area (Å²) in [6, 6.07) is 15.9. The van der Waals surface area contributed by atoms with E-state index in [9.17, 15) is 0 Å². The first kappa shape index (κ1) is 15.7. The third-order valence-electron chi connectivity index (χ3n) is 3.21. The lowest BCUT2D eigenvalue weighted by Crippen LogP contribution is -2.05. The van der Waals surface area contributed by atoms with Crippen LogP contribution >= 0.6 is 11.6 Å². The molecule has 0 spiro atoms. The van der Waals surface area contributed by atoms with E-state index in [0.717, 1.165) is 29.0 Å². The highest BCUT2D eigenvalue weighted by atomic mass is 35.5. The van der Waals surface area contributed by atoms with Gasteiger partial charge < -0.3 is 9.47 Å². The van der Waals surface area contributed by atoms with Crippen LogP contribution in [-0.2, 0) is 6.42 Å². The van der Waals surface area contributed by atoms with Crippen molar-refractivity contribution < 1.29 is 9.47 Å². The van der Waals surface area contributed by atoms with Crippen LogP contribution in [0.3, 0.4) is 0 Å². The van der Waals surface area contributed by atoms with Crippen molar-refractivity contribution in [1.29, 1.82) is 0 Å². The normalized spacial score (nSPS) is 12.2. The highest BCUT2D eigenvalue weighted by molar-refractivity contribution is 6.20. The van der Waals surface area contributed by atoms with E-state index in [1.807, 2.05) is 62.4 Å². The number of methoxy groups -OCH3 is 1. The lowest BCUT2D eigenvalue weighted by molar-refractivity contribution is 0.242. The van der Waals surface area contributed by atoms with Crippen LogP contribution in [0.2, 0.25) is 0 Å². The van der Waals surface area contributed by atoms with Crippen LogP contribution in [0.25, 0.3) is 0 Å². The fourth-order valence-electron chi connectivity index (χ4n) is 2.21. The molecular formula is C18H21ClO2. The fraction of sp³-hybridized carbons (Fsp3) is 0.333. The quantitative estimate of drug-likeness (QED) is 0.699. The number of ether oxygens (including phenoxy) is 2. The Bertz CT molecular complexity index is 564. The van der Waals surface area contributed by atoms with Crippen molar-refractivity contribution in [2.24, 2.45) is 0 Å². The molecule has 112 valence electrons. The Morgan fingerprint density at radius 1 is 1.00 bits per heavy atom. The minimum absolute atomic E-state index is 0.0885. The number of hydrogen-bond donors (Lipinski definition) is 0. The monoisotopic (exact) mass is 304 g/mol. The topological polar surface area (TPSA) is 18.5 Å². The average Bonchev–Trinajstić information content (AvgIpc) is 2.48. The van der Waals surface area contributed by atoms with Crippen LogP contribution < -0.4 is 9.47 Å². The summed E-state index contributed by atoms with van der Waals surface area (Å²) in [5.41, 5.74) is 2.20. The summed E-state index contributed by atoms with van der Waals surface area (Å²) in [6.45, 7) is 4.03. The predicted molar refractivity (Wildman–Crippen MR) is 87.5 cm³/mol. The summed E-state index contributed by atoms with van der Waals surface area (Å²) < 4.78 is 11.0. The lowest BCUT2D eigenvalue weighted by Gasteiger charge is -2.14. The third-order valence-corrected chi connectivity index (χ3v) is 3.61. The molecule has 0 radical (unpaired) electrons. The number of alkyl halides is 1. The zero-order valence-electron chi connectivity index (χ0n) is 12.7. The van der Waals surface area contributed by atoms with Gasteiger partial charge in [0.1, 0.15) is 11.5 Å².